The quantitative estimate of drug-likeness (QED) is 0.371. The number of benzene rings is 1. The molecule has 35 heavy (non-hydrogen) atoms. The second kappa shape index (κ2) is 7.97. The van der Waals surface area contributed by atoms with Crippen molar-refractivity contribution in [3.63, 3.8) is 0 Å². The zero-order valence-electron chi connectivity index (χ0n) is 18.7. The fourth-order valence-electron chi connectivity index (χ4n) is 4.04. The third-order valence-electron chi connectivity index (χ3n) is 5.60. The van der Waals surface area contributed by atoms with Crippen LogP contribution in [0.15, 0.2) is 61.3 Å². The normalized spacial score (nSPS) is 11.5. The molecule has 0 atom stereocenters. The monoisotopic (exact) mass is 472 g/mol. The van der Waals surface area contributed by atoms with E-state index >= 15 is 0 Å². The fourth-order valence-corrected chi connectivity index (χ4v) is 4.04. The number of aryl methyl sites for hydroxylation is 2. The van der Waals surface area contributed by atoms with Gasteiger partial charge in [-0.25, -0.2) is 23.7 Å². The number of ether oxygens (including phenoxy) is 1. The Morgan fingerprint density at radius 1 is 0.971 bits per heavy atom. The summed E-state index contributed by atoms with van der Waals surface area (Å²) in [7, 11) is 1.80. The van der Waals surface area contributed by atoms with Crippen molar-refractivity contribution in [2.45, 2.75) is 13.5 Å². The molecule has 5 aromatic heterocycles. The summed E-state index contributed by atoms with van der Waals surface area (Å²) in [6.45, 7) is 2.08. The van der Waals surface area contributed by atoms with Crippen LogP contribution in [0.2, 0.25) is 0 Å². The maximum absolute atomic E-state index is 13.7. The minimum absolute atomic E-state index is 0.247. The predicted molar refractivity (Wildman–Crippen MR) is 123 cm³/mol. The first-order chi connectivity index (χ1) is 16.9. The van der Waals surface area contributed by atoms with Crippen molar-refractivity contribution in [1.29, 1.82) is 0 Å². The smallest absolute Gasteiger partial charge is 0.240 e. The Balaban J connectivity index is 1.41. The molecular formula is C24H18F2N8O. The number of rotatable bonds is 5. The number of fused-ring (bicyclic) bond motifs is 2. The molecule has 0 spiro atoms. The average molecular weight is 472 g/mol. The molecule has 0 unspecified atom stereocenters. The first-order valence-electron chi connectivity index (χ1n) is 10.7. The molecule has 9 nitrogen and oxygen atoms in total. The molecule has 0 saturated carbocycles. The summed E-state index contributed by atoms with van der Waals surface area (Å²) in [4.78, 5) is 18.1. The van der Waals surface area contributed by atoms with Crippen LogP contribution in [0.1, 0.15) is 11.4 Å². The maximum Gasteiger partial charge on any atom is 0.240 e. The third-order valence-corrected chi connectivity index (χ3v) is 5.60. The van der Waals surface area contributed by atoms with Gasteiger partial charge in [0.2, 0.25) is 5.88 Å². The van der Waals surface area contributed by atoms with E-state index in [4.69, 9.17) is 4.74 Å². The highest BCUT2D eigenvalue weighted by Crippen LogP contribution is 2.25. The molecule has 0 amide bonds. The highest BCUT2D eigenvalue weighted by atomic mass is 19.1. The van der Waals surface area contributed by atoms with Gasteiger partial charge in [0.1, 0.15) is 23.0 Å². The Kier molecular flexibility index (Phi) is 4.76. The number of imidazole rings is 1. The molecule has 174 valence electrons. The van der Waals surface area contributed by atoms with Crippen LogP contribution in [-0.4, -0.2) is 38.9 Å². The topological polar surface area (TPSA) is 88.5 Å². The Labute approximate surface area is 197 Å². The van der Waals surface area contributed by atoms with Crippen molar-refractivity contribution in [2.24, 2.45) is 7.05 Å². The van der Waals surface area contributed by atoms with Crippen LogP contribution in [0.3, 0.4) is 0 Å². The van der Waals surface area contributed by atoms with E-state index in [9.17, 15) is 8.78 Å². The second-order valence-corrected chi connectivity index (χ2v) is 8.11. The molecule has 0 bridgehead atoms. The van der Waals surface area contributed by atoms with Gasteiger partial charge in [0.25, 0.3) is 0 Å². The number of aromatic nitrogens is 8. The second-order valence-electron chi connectivity index (χ2n) is 8.11. The SMILES string of the molecule is Cc1nc2ncc(-n3ccc4ncc(Oc5cnn(C)c5)nc43)cc2n1Cc1cc(F)cc(F)c1. The average Bonchev–Trinajstić information content (AvgIpc) is 3.50. The predicted octanol–water partition coefficient (Wildman–Crippen LogP) is 4.33. The van der Waals surface area contributed by atoms with Crippen molar-refractivity contribution in [3.8, 4) is 17.3 Å². The molecule has 5 heterocycles. The van der Waals surface area contributed by atoms with E-state index in [0.717, 1.165) is 17.3 Å². The Bertz CT molecular complexity index is 1700. The molecule has 11 heteroatoms. The lowest BCUT2D eigenvalue weighted by atomic mass is 10.2. The van der Waals surface area contributed by atoms with Crippen LogP contribution < -0.4 is 4.74 Å². The van der Waals surface area contributed by atoms with Gasteiger partial charge in [-0.15, -0.1) is 0 Å². The Morgan fingerprint density at radius 2 is 1.80 bits per heavy atom. The van der Waals surface area contributed by atoms with Crippen molar-refractivity contribution >= 4 is 22.3 Å². The molecule has 0 radical (unpaired) electrons. The van der Waals surface area contributed by atoms with Crippen LogP contribution in [0.25, 0.3) is 28.0 Å². The molecule has 0 N–H and O–H groups in total. The molecule has 0 saturated heterocycles. The van der Waals surface area contributed by atoms with E-state index in [2.05, 4.69) is 25.0 Å². The minimum atomic E-state index is -0.623. The zero-order chi connectivity index (χ0) is 24.1. The standard InChI is InChI=1S/C24H18F2N8O/c1-14-30-23-21(34(14)12-15-5-16(25)7-17(26)6-15)8-18(9-28-23)33-4-3-20-24(33)31-22(11-27-20)35-19-10-29-32(2)13-19/h3-11,13H,12H2,1-2H3. The molecule has 6 aromatic rings. The Hall–Kier alpha value is -4.67. The van der Waals surface area contributed by atoms with Crippen LogP contribution in [0.4, 0.5) is 8.78 Å². The van der Waals surface area contributed by atoms with Gasteiger partial charge in [-0.2, -0.15) is 10.1 Å². The van der Waals surface area contributed by atoms with Crippen molar-refractivity contribution in [1.82, 2.24) is 38.9 Å². The summed E-state index contributed by atoms with van der Waals surface area (Å²) in [5.74, 6) is 0.313. The lowest BCUT2D eigenvalue weighted by molar-refractivity contribution is 0.461. The first kappa shape index (κ1) is 20.9. The van der Waals surface area contributed by atoms with E-state index < -0.39 is 11.6 Å². The van der Waals surface area contributed by atoms with Gasteiger partial charge in [-0.1, -0.05) is 0 Å². The fraction of sp³-hybridized carbons (Fsp3) is 0.125. The van der Waals surface area contributed by atoms with E-state index in [-0.39, 0.29) is 6.54 Å². The summed E-state index contributed by atoms with van der Waals surface area (Å²) >= 11 is 0. The number of hydrogen-bond donors (Lipinski definition) is 0. The van der Waals surface area contributed by atoms with Gasteiger partial charge in [0, 0.05) is 25.9 Å². The summed E-state index contributed by atoms with van der Waals surface area (Å²) < 4.78 is 38.6. The van der Waals surface area contributed by atoms with Gasteiger partial charge in [-0.05, 0) is 36.8 Å². The third kappa shape index (κ3) is 3.86. The van der Waals surface area contributed by atoms with Crippen LogP contribution >= 0.6 is 0 Å². The summed E-state index contributed by atoms with van der Waals surface area (Å²) in [6, 6.07) is 7.23. The van der Waals surface area contributed by atoms with Gasteiger partial charge < -0.3 is 9.30 Å². The minimum Gasteiger partial charge on any atom is -0.434 e. The molecule has 6 rings (SSSR count). The summed E-state index contributed by atoms with van der Waals surface area (Å²) in [6.07, 6.45) is 8.42. The number of hydrogen-bond acceptors (Lipinski definition) is 6. The molecule has 0 fully saturated rings. The lowest BCUT2D eigenvalue weighted by Gasteiger charge is -2.09. The van der Waals surface area contributed by atoms with Gasteiger partial charge in [-0.3, -0.25) is 9.25 Å². The molecular weight excluding hydrogens is 454 g/mol. The Morgan fingerprint density at radius 3 is 2.57 bits per heavy atom. The van der Waals surface area contributed by atoms with Crippen molar-refractivity contribution in [3.05, 3.63) is 84.3 Å². The molecule has 0 aliphatic rings. The van der Waals surface area contributed by atoms with E-state index in [0.29, 0.717) is 39.8 Å². The molecule has 0 aliphatic carbocycles. The molecule has 0 aliphatic heterocycles. The zero-order valence-corrected chi connectivity index (χ0v) is 18.7. The van der Waals surface area contributed by atoms with Gasteiger partial charge >= 0.3 is 0 Å². The van der Waals surface area contributed by atoms with Crippen LogP contribution in [0, 0.1) is 18.6 Å². The van der Waals surface area contributed by atoms with Crippen molar-refractivity contribution < 1.29 is 13.5 Å². The number of halogens is 2. The van der Waals surface area contributed by atoms with Crippen LogP contribution in [0.5, 0.6) is 11.6 Å². The number of nitrogens with zero attached hydrogens (tertiary/aromatic N) is 8. The summed E-state index contributed by atoms with van der Waals surface area (Å²) in [5, 5.41) is 4.09. The van der Waals surface area contributed by atoms with E-state index in [1.165, 1.54) is 12.1 Å². The van der Waals surface area contributed by atoms with E-state index in [1.54, 1.807) is 36.5 Å². The highest BCUT2D eigenvalue weighted by molar-refractivity contribution is 5.78. The largest absolute Gasteiger partial charge is 0.434 e. The first-order valence-corrected chi connectivity index (χ1v) is 10.7. The lowest BCUT2D eigenvalue weighted by Crippen LogP contribution is -2.04. The molecule has 1 aromatic carbocycles. The van der Waals surface area contributed by atoms with Gasteiger partial charge in [0.15, 0.2) is 17.0 Å². The van der Waals surface area contributed by atoms with E-state index in [1.807, 2.05) is 34.4 Å². The number of pyridine rings is 1. The maximum atomic E-state index is 13.7. The summed E-state index contributed by atoms with van der Waals surface area (Å²) in [5.41, 5.74) is 3.75. The van der Waals surface area contributed by atoms with Gasteiger partial charge in [0.05, 0.1) is 36.0 Å². The van der Waals surface area contributed by atoms with Crippen LogP contribution in [-0.2, 0) is 13.6 Å². The van der Waals surface area contributed by atoms with Crippen molar-refractivity contribution in [2.75, 3.05) is 0 Å². The highest BCUT2D eigenvalue weighted by Gasteiger charge is 2.14.